The average Bonchev–Trinajstić information content (AvgIpc) is 2.85. The molecule has 0 saturated carbocycles. The number of nitrogens with zero attached hydrogens (tertiary/aromatic N) is 2. The molecule has 1 aromatic carbocycles. The molecule has 106 valence electrons. The average molecular weight is 341 g/mol. The number of hydrogen-bond donors (Lipinski definition) is 1. The van der Waals surface area contributed by atoms with Crippen molar-refractivity contribution in [2.75, 3.05) is 0 Å². The maximum Gasteiger partial charge on any atom is 0.339 e. The lowest BCUT2D eigenvalue weighted by atomic mass is 10.1. The van der Waals surface area contributed by atoms with Crippen molar-refractivity contribution in [3.63, 3.8) is 0 Å². The number of aromatic nitrogens is 2. The molecule has 0 fully saturated rings. The number of carbonyl (C=O) groups is 1. The van der Waals surface area contributed by atoms with Crippen LogP contribution in [0.15, 0.2) is 28.9 Å². The van der Waals surface area contributed by atoms with Crippen LogP contribution in [0, 0.1) is 5.82 Å². The van der Waals surface area contributed by atoms with E-state index in [1.54, 1.807) is 10.7 Å². The molecule has 0 aliphatic rings. The van der Waals surface area contributed by atoms with Crippen molar-refractivity contribution in [1.29, 1.82) is 0 Å². The highest BCUT2D eigenvalue weighted by atomic mass is 79.9. The SMILES string of the molecule is CCC(C)n1cc(C(=O)O)c(-c2cc(Br)ccc2F)n1. The van der Waals surface area contributed by atoms with Gasteiger partial charge in [-0.25, -0.2) is 9.18 Å². The van der Waals surface area contributed by atoms with Gasteiger partial charge in [-0.3, -0.25) is 4.68 Å². The van der Waals surface area contributed by atoms with Gasteiger partial charge in [0.15, 0.2) is 0 Å². The van der Waals surface area contributed by atoms with Gasteiger partial charge in [-0.05, 0) is 31.5 Å². The molecule has 1 atom stereocenters. The maximum atomic E-state index is 13.9. The highest BCUT2D eigenvalue weighted by molar-refractivity contribution is 9.10. The van der Waals surface area contributed by atoms with Crippen LogP contribution in [0.25, 0.3) is 11.3 Å². The third-order valence-electron chi connectivity index (χ3n) is 3.19. The van der Waals surface area contributed by atoms with Crippen molar-refractivity contribution in [2.24, 2.45) is 0 Å². The second-order valence-electron chi connectivity index (χ2n) is 4.56. The van der Waals surface area contributed by atoms with E-state index in [1.165, 1.54) is 18.3 Å². The number of carboxylic acids is 1. The Bertz CT molecular complexity index is 655. The second-order valence-corrected chi connectivity index (χ2v) is 5.47. The zero-order valence-electron chi connectivity index (χ0n) is 11.1. The molecule has 0 amide bonds. The number of carboxylic acid groups (broad SMARTS) is 1. The van der Waals surface area contributed by atoms with Crippen molar-refractivity contribution >= 4 is 21.9 Å². The van der Waals surface area contributed by atoms with Gasteiger partial charge in [0, 0.05) is 22.3 Å². The van der Waals surface area contributed by atoms with Crippen molar-refractivity contribution in [3.8, 4) is 11.3 Å². The summed E-state index contributed by atoms with van der Waals surface area (Å²) in [4.78, 5) is 11.3. The molecule has 0 bridgehead atoms. The van der Waals surface area contributed by atoms with Gasteiger partial charge in [-0.2, -0.15) is 5.10 Å². The van der Waals surface area contributed by atoms with Crippen LogP contribution in [0.2, 0.25) is 0 Å². The van der Waals surface area contributed by atoms with E-state index >= 15 is 0 Å². The highest BCUT2D eigenvalue weighted by Gasteiger charge is 2.21. The minimum absolute atomic E-state index is 0.00213. The molecule has 20 heavy (non-hydrogen) atoms. The minimum atomic E-state index is -1.12. The summed E-state index contributed by atoms with van der Waals surface area (Å²) in [6, 6.07) is 4.43. The number of aromatic carboxylic acids is 1. The smallest absolute Gasteiger partial charge is 0.339 e. The topological polar surface area (TPSA) is 55.1 Å². The number of halogens is 2. The third kappa shape index (κ3) is 2.75. The van der Waals surface area contributed by atoms with E-state index in [0.717, 1.165) is 6.42 Å². The molecule has 0 saturated heterocycles. The lowest BCUT2D eigenvalue weighted by Gasteiger charge is -2.08. The van der Waals surface area contributed by atoms with Crippen molar-refractivity contribution in [1.82, 2.24) is 9.78 Å². The van der Waals surface area contributed by atoms with E-state index in [9.17, 15) is 14.3 Å². The van der Waals surface area contributed by atoms with Crippen LogP contribution in [0.4, 0.5) is 4.39 Å². The van der Waals surface area contributed by atoms with E-state index < -0.39 is 11.8 Å². The van der Waals surface area contributed by atoms with E-state index in [-0.39, 0.29) is 22.9 Å². The monoisotopic (exact) mass is 340 g/mol. The Morgan fingerprint density at radius 3 is 2.85 bits per heavy atom. The molecule has 0 aliphatic carbocycles. The van der Waals surface area contributed by atoms with Crippen LogP contribution in [0.3, 0.4) is 0 Å². The molecule has 2 rings (SSSR count). The van der Waals surface area contributed by atoms with Crippen LogP contribution in [0.1, 0.15) is 36.7 Å². The molecule has 1 aromatic heterocycles. The number of hydrogen-bond acceptors (Lipinski definition) is 2. The normalized spacial score (nSPS) is 12.4. The van der Waals surface area contributed by atoms with Gasteiger partial charge in [0.25, 0.3) is 0 Å². The zero-order chi connectivity index (χ0) is 14.9. The fourth-order valence-corrected chi connectivity index (χ4v) is 2.20. The van der Waals surface area contributed by atoms with E-state index in [4.69, 9.17) is 0 Å². The summed E-state index contributed by atoms with van der Waals surface area (Å²) in [7, 11) is 0. The Hall–Kier alpha value is -1.69. The molecule has 1 unspecified atom stereocenters. The van der Waals surface area contributed by atoms with Crippen molar-refractivity contribution in [2.45, 2.75) is 26.3 Å². The Morgan fingerprint density at radius 2 is 2.25 bits per heavy atom. The molecule has 0 spiro atoms. The van der Waals surface area contributed by atoms with E-state index in [1.807, 2.05) is 13.8 Å². The van der Waals surface area contributed by atoms with Crippen molar-refractivity contribution < 1.29 is 14.3 Å². The van der Waals surface area contributed by atoms with Gasteiger partial charge in [-0.15, -0.1) is 0 Å². The molecule has 4 nitrogen and oxygen atoms in total. The summed E-state index contributed by atoms with van der Waals surface area (Å²) in [5, 5.41) is 13.5. The first kappa shape index (κ1) is 14.7. The zero-order valence-corrected chi connectivity index (χ0v) is 12.7. The highest BCUT2D eigenvalue weighted by Crippen LogP contribution is 2.29. The van der Waals surface area contributed by atoms with Gasteiger partial charge in [0.2, 0.25) is 0 Å². The van der Waals surface area contributed by atoms with Crippen LogP contribution in [-0.2, 0) is 0 Å². The molecule has 1 heterocycles. The maximum absolute atomic E-state index is 13.9. The summed E-state index contributed by atoms with van der Waals surface area (Å²) < 4.78 is 16.2. The van der Waals surface area contributed by atoms with Gasteiger partial charge in [-0.1, -0.05) is 22.9 Å². The molecular formula is C14H14BrFN2O2. The van der Waals surface area contributed by atoms with Crippen LogP contribution in [-0.4, -0.2) is 20.9 Å². The predicted molar refractivity (Wildman–Crippen MR) is 77.3 cm³/mol. The Balaban J connectivity index is 2.63. The van der Waals surface area contributed by atoms with E-state index in [2.05, 4.69) is 21.0 Å². The van der Waals surface area contributed by atoms with Gasteiger partial charge in [0.05, 0.1) is 0 Å². The van der Waals surface area contributed by atoms with Gasteiger partial charge in [0.1, 0.15) is 17.1 Å². The van der Waals surface area contributed by atoms with Gasteiger partial charge < -0.3 is 5.11 Å². The Kier molecular flexibility index (Phi) is 4.23. The fourth-order valence-electron chi connectivity index (χ4n) is 1.84. The minimum Gasteiger partial charge on any atom is -0.478 e. The number of rotatable bonds is 4. The van der Waals surface area contributed by atoms with Gasteiger partial charge >= 0.3 is 5.97 Å². The van der Waals surface area contributed by atoms with Crippen LogP contribution < -0.4 is 0 Å². The molecule has 2 aromatic rings. The first-order chi connectivity index (χ1) is 9.43. The summed E-state index contributed by atoms with van der Waals surface area (Å²) in [6.45, 7) is 3.91. The second kappa shape index (κ2) is 5.75. The van der Waals surface area contributed by atoms with Crippen LogP contribution >= 0.6 is 15.9 Å². The standard InChI is InChI=1S/C14H14BrFN2O2/c1-3-8(2)18-7-11(14(19)20)13(17-18)10-6-9(15)4-5-12(10)16/h4-8H,3H2,1-2H3,(H,19,20). The lowest BCUT2D eigenvalue weighted by Crippen LogP contribution is -2.04. The molecule has 1 N–H and O–H groups in total. The first-order valence-corrected chi connectivity index (χ1v) is 7.01. The van der Waals surface area contributed by atoms with Crippen LogP contribution in [0.5, 0.6) is 0 Å². The Labute approximate surface area is 124 Å². The molecular weight excluding hydrogens is 327 g/mol. The lowest BCUT2D eigenvalue weighted by molar-refractivity contribution is 0.0697. The number of benzene rings is 1. The largest absolute Gasteiger partial charge is 0.478 e. The summed E-state index contributed by atoms with van der Waals surface area (Å²) in [6.07, 6.45) is 2.26. The quantitative estimate of drug-likeness (QED) is 0.910. The molecule has 0 aliphatic heterocycles. The predicted octanol–water partition coefficient (Wildman–Crippen LogP) is 4.12. The fraction of sp³-hybridized carbons (Fsp3) is 0.286. The summed E-state index contributed by atoms with van der Waals surface area (Å²) in [5.74, 6) is -1.61. The summed E-state index contributed by atoms with van der Waals surface area (Å²) in [5.41, 5.74) is 0.331. The third-order valence-corrected chi connectivity index (χ3v) is 3.68. The van der Waals surface area contributed by atoms with Crippen molar-refractivity contribution in [3.05, 3.63) is 40.2 Å². The summed E-state index contributed by atoms with van der Waals surface area (Å²) >= 11 is 3.26. The first-order valence-electron chi connectivity index (χ1n) is 6.22. The van der Waals surface area contributed by atoms with E-state index in [0.29, 0.717) is 4.47 Å². The molecule has 0 radical (unpaired) electrons. The Morgan fingerprint density at radius 1 is 1.55 bits per heavy atom. The molecule has 6 heteroatoms.